The van der Waals surface area contributed by atoms with Crippen molar-refractivity contribution in [1.29, 1.82) is 0 Å². The fourth-order valence-electron chi connectivity index (χ4n) is 3.07. The fourth-order valence-corrected chi connectivity index (χ4v) is 3.07. The molecule has 1 heterocycles. The standard InChI is InChI=1S/C21H24N2O4/c1-15-8-10-17(11-9-15)23-13-12-22(14-20(23)24)21(25)16(2)27-19-7-5-4-6-18(19)26-3/h4-11,16H,12-14H2,1-3H3. The van der Waals surface area contributed by atoms with Crippen molar-refractivity contribution < 1.29 is 19.1 Å². The van der Waals surface area contributed by atoms with Crippen LogP contribution in [-0.4, -0.2) is 49.6 Å². The molecule has 6 heteroatoms. The Kier molecular flexibility index (Phi) is 5.64. The van der Waals surface area contributed by atoms with E-state index < -0.39 is 6.10 Å². The smallest absolute Gasteiger partial charge is 0.263 e. The van der Waals surface area contributed by atoms with Crippen LogP contribution in [0.25, 0.3) is 0 Å². The van der Waals surface area contributed by atoms with Crippen molar-refractivity contribution in [1.82, 2.24) is 4.90 Å². The quantitative estimate of drug-likeness (QED) is 0.814. The Morgan fingerprint density at radius 1 is 1.04 bits per heavy atom. The Bertz CT molecular complexity index is 819. The minimum Gasteiger partial charge on any atom is -0.493 e. The zero-order valence-corrected chi connectivity index (χ0v) is 15.8. The highest BCUT2D eigenvalue weighted by atomic mass is 16.5. The Balaban J connectivity index is 1.63. The second-order valence-electron chi connectivity index (χ2n) is 6.55. The van der Waals surface area contributed by atoms with E-state index in [-0.39, 0.29) is 18.4 Å². The largest absolute Gasteiger partial charge is 0.493 e. The van der Waals surface area contributed by atoms with E-state index in [0.717, 1.165) is 11.3 Å². The van der Waals surface area contributed by atoms with Crippen LogP contribution in [0.5, 0.6) is 11.5 Å². The first-order chi connectivity index (χ1) is 13.0. The van der Waals surface area contributed by atoms with Crippen molar-refractivity contribution in [2.24, 2.45) is 0 Å². The number of nitrogens with zero attached hydrogens (tertiary/aromatic N) is 2. The van der Waals surface area contributed by atoms with Crippen LogP contribution in [0.3, 0.4) is 0 Å². The highest BCUT2D eigenvalue weighted by Crippen LogP contribution is 2.27. The number of hydrogen-bond acceptors (Lipinski definition) is 4. The van der Waals surface area contributed by atoms with Gasteiger partial charge in [-0.15, -0.1) is 0 Å². The maximum Gasteiger partial charge on any atom is 0.263 e. The van der Waals surface area contributed by atoms with E-state index in [0.29, 0.717) is 24.6 Å². The summed E-state index contributed by atoms with van der Waals surface area (Å²) in [6.07, 6.45) is -0.708. The van der Waals surface area contributed by atoms with Crippen LogP contribution < -0.4 is 14.4 Å². The van der Waals surface area contributed by atoms with E-state index in [1.807, 2.05) is 43.3 Å². The molecule has 0 aromatic heterocycles. The first kappa shape index (κ1) is 18.8. The Labute approximate surface area is 159 Å². The van der Waals surface area contributed by atoms with E-state index >= 15 is 0 Å². The molecule has 27 heavy (non-hydrogen) atoms. The predicted octanol–water partition coefficient (Wildman–Crippen LogP) is 2.65. The van der Waals surface area contributed by atoms with Gasteiger partial charge in [0.05, 0.1) is 7.11 Å². The number of piperazine rings is 1. The van der Waals surface area contributed by atoms with Crippen LogP contribution in [0, 0.1) is 6.92 Å². The van der Waals surface area contributed by atoms with Gasteiger partial charge in [0.1, 0.15) is 6.54 Å². The number of aryl methyl sites for hydroxylation is 1. The second-order valence-corrected chi connectivity index (χ2v) is 6.55. The van der Waals surface area contributed by atoms with Crippen molar-refractivity contribution >= 4 is 17.5 Å². The molecule has 0 radical (unpaired) electrons. The third-order valence-corrected chi connectivity index (χ3v) is 4.60. The summed E-state index contributed by atoms with van der Waals surface area (Å²) in [7, 11) is 1.55. The number of amides is 2. The fraction of sp³-hybridized carbons (Fsp3) is 0.333. The summed E-state index contributed by atoms with van der Waals surface area (Å²) in [5.41, 5.74) is 2.00. The normalized spacial score (nSPS) is 15.4. The van der Waals surface area contributed by atoms with E-state index in [1.54, 1.807) is 36.0 Å². The molecule has 2 amide bonds. The third kappa shape index (κ3) is 4.22. The highest BCUT2D eigenvalue weighted by Gasteiger charge is 2.31. The highest BCUT2D eigenvalue weighted by molar-refractivity contribution is 5.98. The second kappa shape index (κ2) is 8.12. The minimum absolute atomic E-state index is 0.0480. The van der Waals surface area contributed by atoms with Crippen LogP contribution in [0.4, 0.5) is 5.69 Å². The average molecular weight is 368 g/mol. The van der Waals surface area contributed by atoms with Crippen molar-refractivity contribution in [2.75, 3.05) is 31.6 Å². The molecule has 1 atom stereocenters. The van der Waals surface area contributed by atoms with Gasteiger partial charge in [-0.25, -0.2) is 0 Å². The van der Waals surface area contributed by atoms with Gasteiger partial charge in [0.25, 0.3) is 5.91 Å². The molecule has 3 rings (SSSR count). The van der Waals surface area contributed by atoms with Gasteiger partial charge in [-0.1, -0.05) is 29.8 Å². The van der Waals surface area contributed by atoms with Gasteiger partial charge >= 0.3 is 0 Å². The maximum atomic E-state index is 12.7. The number of methoxy groups -OCH3 is 1. The number of anilines is 1. The molecule has 1 aliphatic heterocycles. The van der Waals surface area contributed by atoms with Gasteiger partial charge < -0.3 is 19.3 Å². The van der Waals surface area contributed by atoms with E-state index in [9.17, 15) is 9.59 Å². The average Bonchev–Trinajstić information content (AvgIpc) is 2.68. The topological polar surface area (TPSA) is 59.1 Å². The van der Waals surface area contributed by atoms with Crippen molar-refractivity contribution in [3.63, 3.8) is 0 Å². The summed E-state index contributed by atoms with van der Waals surface area (Å²) >= 11 is 0. The molecule has 1 aliphatic rings. The lowest BCUT2D eigenvalue weighted by atomic mass is 10.2. The number of para-hydroxylation sites is 2. The summed E-state index contributed by atoms with van der Waals surface area (Å²) in [4.78, 5) is 28.5. The monoisotopic (exact) mass is 368 g/mol. The van der Waals surface area contributed by atoms with Crippen LogP contribution in [0.2, 0.25) is 0 Å². The first-order valence-electron chi connectivity index (χ1n) is 8.95. The summed E-state index contributed by atoms with van der Waals surface area (Å²) in [5.74, 6) is 0.767. The van der Waals surface area contributed by atoms with Gasteiger partial charge in [-0.2, -0.15) is 0 Å². The van der Waals surface area contributed by atoms with Gasteiger partial charge in [0, 0.05) is 18.8 Å². The molecule has 0 spiro atoms. The number of carbonyl (C=O) groups excluding carboxylic acids is 2. The molecule has 2 aromatic carbocycles. The molecule has 1 unspecified atom stereocenters. The van der Waals surface area contributed by atoms with E-state index in [1.165, 1.54) is 0 Å². The van der Waals surface area contributed by atoms with Crippen LogP contribution in [0.15, 0.2) is 48.5 Å². The lowest BCUT2D eigenvalue weighted by Gasteiger charge is -2.35. The number of rotatable bonds is 5. The molecule has 2 aromatic rings. The molecule has 0 N–H and O–H groups in total. The molecule has 0 saturated carbocycles. The Hall–Kier alpha value is -3.02. The summed E-state index contributed by atoms with van der Waals surface area (Å²) < 4.78 is 11.0. The molecule has 1 fully saturated rings. The Morgan fingerprint density at radius 2 is 1.70 bits per heavy atom. The predicted molar refractivity (Wildman–Crippen MR) is 103 cm³/mol. The third-order valence-electron chi connectivity index (χ3n) is 4.60. The lowest BCUT2D eigenvalue weighted by Crippen LogP contribution is -2.54. The van der Waals surface area contributed by atoms with Crippen molar-refractivity contribution in [3.8, 4) is 11.5 Å². The zero-order valence-electron chi connectivity index (χ0n) is 15.8. The number of hydrogen-bond donors (Lipinski definition) is 0. The van der Waals surface area contributed by atoms with Crippen molar-refractivity contribution in [3.05, 3.63) is 54.1 Å². The summed E-state index contributed by atoms with van der Waals surface area (Å²) in [5, 5.41) is 0. The van der Waals surface area contributed by atoms with Gasteiger partial charge in [0.15, 0.2) is 17.6 Å². The molecule has 0 aliphatic carbocycles. The molecular formula is C21H24N2O4. The SMILES string of the molecule is COc1ccccc1OC(C)C(=O)N1CCN(c2ccc(C)cc2)C(=O)C1. The Morgan fingerprint density at radius 3 is 2.33 bits per heavy atom. The molecule has 0 bridgehead atoms. The van der Waals surface area contributed by atoms with E-state index in [4.69, 9.17) is 9.47 Å². The van der Waals surface area contributed by atoms with Gasteiger partial charge in [0.2, 0.25) is 5.91 Å². The maximum absolute atomic E-state index is 12.7. The molecule has 1 saturated heterocycles. The van der Waals surface area contributed by atoms with Crippen molar-refractivity contribution in [2.45, 2.75) is 20.0 Å². The zero-order chi connectivity index (χ0) is 19.4. The van der Waals surface area contributed by atoms with Crippen LogP contribution in [0.1, 0.15) is 12.5 Å². The number of carbonyl (C=O) groups is 2. The summed E-state index contributed by atoms with van der Waals surface area (Å²) in [6, 6.07) is 15.0. The van der Waals surface area contributed by atoms with E-state index in [2.05, 4.69) is 0 Å². The van der Waals surface area contributed by atoms with Gasteiger partial charge in [-0.05, 0) is 38.1 Å². The molecular weight excluding hydrogens is 344 g/mol. The number of ether oxygens (including phenoxy) is 2. The van der Waals surface area contributed by atoms with Crippen LogP contribution >= 0.6 is 0 Å². The van der Waals surface area contributed by atoms with Gasteiger partial charge in [-0.3, -0.25) is 9.59 Å². The molecule has 6 nitrogen and oxygen atoms in total. The first-order valence-corrected chi connectivity index (χ1v) is 8.95. The summed E-state index contributed by atoms with van der Waals surface area (Å²) in [6.45, 7) is 4.68. The lowest BCUT2D eigenvalue weighted by molar-refractivity contribution is -0.142. The minimum atomic E-state index is -0.708. The number of benzene rings is 2. The molecule has 142 valence electrons. The van der Waals surface area contributed by atoms with Crippen LogP contribution in [-0.2, 0) is 9.59 Å².